The van der Waals surface area contributed by atoms with Crippen LogP contribution in [0.1, 0.15) is 39.3 Å². The molecule has 0 spiro atoms. The second-order valence-corrected chi connectivity index (χ2v) is 8.97. The number of nitrogens with zero attached hydrogens (tertiary/aromatic N) is 3. The van der Waals surface area contributed by atoms with Crippen LogP contribution in [0.15, 0.2) is 29.5 Å². The zero-order valence-corrected chi connectivity index (χ0v) is 22.6. The van der Waals surface area contributed by atoms with Gasteiger partial charge in [-0.2, -0.15) is 0 Å². The Morgan fingerprint density at radius 3 is 2.30 bits per heavy atom. The SMILES string of the molecule is CCNC(=O)N1CCN(CC2=C(C(=O)OCC)[C@@H](c3cc(OC)cc(OC)c3)NC(=O)N2CC)C[C@H]1C. The summed E-state index contributed by atoms with van der Waals surface area (Å²) in [7, 11) is 3.10. The second kappa shape index (κ2) is 12.7. The molecule has 204 valence electrons. The van der Waals surface area contributed by atoms with E-state index >= 15 is 0 Å². The predicted molar refractivity (Wildman–Crippen MR) is 139 cm³/mol. The number of hydrogen-bond donors (Lipinski definition) is 2. The number of benzene rings is 1. The van der Waals surface area contributed by atoms with E-state index in [2.05, 4.69) is 15.5 Å². The Kier molecular flexibility index (Phi) is 9.62. The first-order chi connectivity index (χ1) is 17.8. The smallest absolute Gasteiger partial charge is 0.338 e. The van der Waals surface area contributed by atoms with Crippen LogP contribution in [0.3, 0.4) is 0 Å². The first kappa shape index (κ1) is 28.1. The molecular formula is C26H39N5O6. The third-order valence-electron chi connectivity index (χ3n) is 6.63. The van der Waals surface area contributed by atoms with Crippen LogP contribution in [-0.4, -0.2) is 98.9 Å². The lowest BCUT2D eigenvalue weighted by atomic mass is 9.93. The summed E-state index contributed by atoms with van der Waals surface area (Å²) < 4.78 is 16.3. The Hall–Kier alpha value is -3.47. The van der Waals surface area contributed by atoms with Crippen molar-refractivity contribution in [1.82, 2.24) is 25.3 Å². The Labute approximate surface area is 218 Å². The van der Waals surface area contributed by atoms with Crippen LogP contribution >= 0.6 is 0 Å². The van der Waals surface area contributed by atoms with Crippen molar-refractivity contribution in [3.63, 3.8) is 0 Å². The average Bonchev–Trinajstić information content (AvgIpc) is 2.88. The van der Waals surface area contributed by atoms with Crippen molar-refractivity contribution < 1.29 is 28.6 Å². The first-order valence-electron chi connectivity index (χ1n) is 12.8. The number of hydrogen-bond acceptors (Lipinski definition) is 7. The fourth-order valence-electron chi connectivity index (χ4n) is 4.85. The summed E-state index contributed by atoms with van der Waals surface area (Å²) in [6, 6.07) is 4.13. The largest absolute Gasteiger partial charge is 0.497 e. The number of piperazine rings is 1. The van der Waals surface area contributed by atoms with Gasteiger partial charge in [0, 0.05) is 57.1 Å². The van der Waals surface area contributed by atoms with E-state index in [1.165, 1.54) is 0 Å². The highest BCUT2D eigenvalue weighted by molar-refractivity contribution is 5.95. The molecule has 0 aliphatic carbocycles. The summed E-state index contributed by atoms with van der Waals surface area (Å²) in [6.07, 6.45) is 0. The molecule has 1 fully saturated rings. The second-order valence-electron chi connectivity index (χ2n) is 8.97. The molecule has 37 heavy (non-hydrogen) atoms. The zero-order valence-electron chi connectivity index (χ0n) is 22.6. The summed E-state index contributed by atoms with van der Waals surface area (Å²) in [5.41, 5.74) is 1.61. The molecule has 2 aliphatic heterocycles. The van der Waals surface area contributed by atoms with Gasteiger partial charge in [0.15, 0.2) is 0 Å². The molecule has 0 aromatic heterocycles. The van der Waals surface area contributed by atoms with Gasteiger partial charge in [-0.1, -0.05) is 0 Å². The molecule has 2 aliphatic rings. The third kappa shape index (κ3) is 6.27. The van der Waals surface area contributed by atoms with E-state index in [-0.39, 0.29) is 24.7 Å². The lowest BCUT2D eigenvalue weighted by Crippen LogP contribution is -2.58. The van der Waals surface area contributed by atoms with E-state index in [1.54, 1.807) is 44.2 Å². The van der Waals surface area contributed by atoms with Crippen molar-refractivity contribution in [3.8, 4) is 11.5 Å². The molecular weight excluding hydrogens is 478 g/mol. The number of esters is 1. The Morgan fingerprint density at radius 2 is 1.76 bits per heavy atom. The molecule has 2 atom stereocenters. The summed E-state index contributed by atoms with van der Waals surface area (Å²) in [5.74, 6) is 0.597. The Balaban J connectivity index is 2.03. The number of likely N-dealkylation sites (N-methyl/N-ethyl adjacent to an activating group) is 1. The predicted octanol–water partition coefficient (Wildman–Crippen LogP) is 2.34. The minimum Gasteiger partial charge on any atom is -0.497 e. The maximum atomic E-state index is 13.4. The van der Waals surface area contributed by atoms with Crippen molar-refractivity contribution in [3.05, 3.63) is 35.0 Å². The van der Waals surface area contributed by atoms with Crippen LogP contribution in [0.4, 0.5) is 9.59 Å². The number of carbonyl (C=O) groups is 3. The molecule has 3 rings (SSSR count). The van der Waals surface area contributed by atoms with Gasteiger partial charge in [0.25, 0.3) is 0 Å². The fourth-order valence-corrected chi connectivity index (χ4v) is 4.85. The van der Waals surface area contributed by atoms with Crippen molar-refractivity contribution in [2.24, 2.45) is 0 Å². The molecule has 2 heterocycles. The molecule has 0 unspecified atom stereocenters. The van der Waals surface area contributed by atoms with Gasteiger partial charge in [-0.3, -0.25) is 9.80 Å². The van der Waals surface area contributed by atoms with Crippen LogP contribution in [0.25, 0.3) is 0 Å². The molecule has 0 saturated carbocycles. The van der Waals surface area contributed by atoms with Crippen LogP contribution in [-0.2, 0) is 9.53 Å². The standard InChI is InChI=1S/C26H39N5O6/c1-7-27-25(33)31-11-10-29(15-17(31)4)16-21-22(24(32)37-9-3)23(28-26(34)30(21)8-2)18-12-19(35-5)14-20(13-18)36-6/h12-14,17,23H,7-11,15-16H2,1-6H3,(H,27,33)(H,28,34)/t17-,23-/m1/s1. The van der Waals surface area contributed by atoms with Gasteiger partial charge >= 0.3 is 18.0 Å². The van der Waals surface area contributed by atoms with Crippen LogP contribution in [0, 0.1) is 0 Å². The number of rotatable bonds is 9. The summed E-state index contributed by atoms with van der Waals surface area (Å²) >= 11 is 0. The maximum Gasteiger partial charge on any atom is 0.338 e. The Bertz CT molecular complexity index is 1010. The van der Waals surface area contributed by atoms with Gasteiger partial charge in [0.1, 0.15) is 11.5 Å². The monoisotopic (exact) mass is 517 g/mol. The topological polar surface area (TPSA) is 113 Å². The van der Waals surface area contributed by atoms with Gasteiger partial charge in [0.2, 0.25) is 0 Å². The van der Waals surface area contributed by atoms with E-state index in [4.69, 9.17) is 14.2 Å². The van der Waals surface area contributed by atoms with E-state index < -0.39 is 12.0 Å². The minimum absolute atomic E-state index is 0.0297. The van der Waals surface area contributed by atoms with Gasteiger partial charge in [-0.05, 0) is 45.4 Å². The van der Waals surface area contributed by atoms with Crippen molar-refractivity contribution in [1.29, 1.82) is 0 Å². The van der Waals surface area contributed by atoms with Crippen molar-refractivity contribution in [2.45, 2.75) is 39.8 Å². The van der Waals surface area contributed by atoms with E-state index in [1.807, 2.05) is 25.7 Å². The number of amides is 4. The van der Waals surface area contributed by atoms with Crippen LogP contribution in [0.5, 0.6) is 11.5 Å². The van der Waals surface area contributed by atoms with Crippen molar-refractivity contribution in [2.75, 3.05) is 60.1 Å². The van der Waals surface area contributed by atoms with E-state index in [0.717, 1.165) is 0 Å². The quantitative estimate of drug-likeness (QED) is 0.484. The lowest BCUT2D eigenvalue weighted by Gasteiger charge is -2.42. The van der Waals surface area contributed by atoms with Crippen LogP contribution < -0.4 is 20.1 Å². The molecule has 11 nitrogen and oxygen atoms in total. The van der Waals surface area contributed by atoms with Crippen LogP contribution in [0.2, 0.25) is 0 Å². The third-order valence-corrected chi connectivity index (χ3v) is 6.63. The number of carbonyl (C=O) groups excluding carboxylic acids is 3. The van der Waals surface area contributed by atoms with Gasteiger partial charge < -0.3 is 29.7 Å². The van der Waals surface area contributed by atoms with Crippen molar-refractivity contribution >= 4 is 18.0 Å². The highest BCUT2D eigenvalue weighted by Crippen LogP contribution is 2.35. The molecule has 1 saturated heterocycles. The average molecular weight is 518 g/mol. The Morgan fingerprint density at radius 1 is 1.08 bits per heavy atom. The number of ether oxygens (including phenoxy) is 3. The molecule has 0 radical (unpaired) electrons. The molecule has 0 bridgehead atoms. The summed E-state index contributed by atoms with van der Waals surface area (Å²) in [6.45, 7) is 10.8. The lowest BCUT2D eigenvalue weighted by molar-refractivity contribution is -0.139. The van der Waals surface area contributed by atoms with Gasteiger partial charge in [0.05, 0.1) is 32.4 Å². The number of nitrogens with one attached hydrogen (secondary N) is 2. The highest BCUT2D eigenvalue weighted by atomic mass is 16.5. The van der Waals surface area contributed by atoms with Gasteiger partial charge in [-0.15, -0.1) is 0 Å². The molecule has 1 aromatic carbocycles. The van der Waals surface area contributed by atoms with E-state index in [0.29, 0.717) is 67.6 Å². The van der Waals surface area contributed by atoms with E-state index in [9.17, 15) is 14.4 Å². The molecule has 4 amide bonds. The molecule has 11 heteroatoms. The normalized spacial score (nSPS) is 20.4. The highest BCUT2D eigenvalue weighted by Gasteiger charge is 2.39. The van der Waals surface area contributed by atoms with Gasteiger partial charge in [-0.25, -0.2) is 14.4 Å². The molecule has 1 aromatic rings. The maximum absolute atomic E-state index is 13.4. The first-order valence-corrected chi connectivity index (χ1v) is 12.8. The minimum atomic E-state index is -0.748. The summed E-state index contributed by atoms with van der Waals surface area (Å²) in [4.78, 5) is 44.6. The zero-order chi connectivity index (χ0) is 27.1. The number of urea groups is 2. The number of methoxy groups -OCH3 is 2. The fraction of sp³-hybridized carbons (Fsp3) is 0.577. The summed E-state index contributed by atoms with van der Waals surface area (Å²) in [5, 5.41) is 5.83. The molecule has 2 N–H and O–H groups in total.